The molecule has 2 aromatic heterocycles. The van der Waals surface area contributed by atoms with Crippen LogP contribution < -0.4 is 0 Å². The Morgan fingerprint density at radius 3 is 1.00 bits per heavy atom. The number of rotatable bonds is 6. The number of fused-ring (bicyclic) bond motifs is 2. The van der Waals surface area contributed by atoms with Crippen molar-refractivity contribution in [2.24, 2.45) is 0 Å². The lowest BCUT2D eigenvalue weighted by Crippen LogP contribution is -2.43. The van der Waals surface area contributed by atoms with Gasteiger partial charge in [0.2, 0.25) is 0 Å². The van der Waals surface area contributed by atoms with Gasteiger partial charge in [-0.3, -0.25) is 0 Å². The predicted octanol–water partition coefficient (Wildman–Crippen LogP) is 12.8. The summed E-state index contributed by atoms with van der Waals surface area (Å²) >= 11 is 1.24. The fraction of sp³-hybridized carbons (Fsp3) is 0.409. The van der Waals surface area contributed by atoms with Crippen LogP contribution in [-0.4, -0.2) is 34.9 Å². The van der Waals surface area contributed by atoms with E-state index in [1.807, 2.05) is 0 Å². The van der Waals surface area contributed by atoms with Crippen molar-refractivity contribution in [2.75, 3.05) is 0 Å². The SMILES string of the molecule is CC(C)[Si](C#Cc1c2nsnc2c(C#C[Si](C(C)C)(C(C)C)C(C)C)c2nc3c(nc12)c1c2ccccc2c3c2ccccc21)(C(C)C)C(C)C. The van der Waals surface area contributed by atoms with E-state index in [1.165, 1.54) is 33.3 Å². The first-order valence-electron chi connectivity index (χ1n) is 18.8. The highest BCUT2D eigenvalue weighted by atomic mass is 32.1. The van der Waals surface area contributed by atoms with Crippen molar-refractivity contribution in [2.45, 2.75) is 116 Å². The molecule has 0 atom stereocenters. The molecule has 0 saturated heterocycles. The summed E-state index contributed by atoms with van der Waals surface area (Å²) in [5.41, 5.74) is 17.8. The van der Waals surface area contributed by atoms with Crippen LogP contribution in [0.25, 0.3) is 65.4 Å². The van der Waals surface area contributed by atoms with E-state index in [9.17, 15) is 0 Å². The lowest BCUT2D eigenvalue weighted by Gasteiger charge is -2.38. The summed E-state index contributed by atoms with van der Waals surface area (Å²) in [5, 5.41) is 7.13. The third-order valence-corrected chi connectivity index (χ3v) is 25.4. The van der Waals surface area contributed by atoms with E-state index in [1.54, 1.807) is 0 Å². The molecule has 0 unspecified atom stereocenters. The minimum atomic E-state index is -2.08. The number of nitrogens with zero attached hydrogens (tertiary/aromatic N) is 4. The molecule has 0 fully saturated rings. The second-order valence-corrected chi connectivity index (χ2v) is 28.2. The normalized spacial score (nSPS) is 13.1. The average molecular weight is 723 g/mol. The Kier molecular flexibility index (Phi) is 9.02. The van der Waals surface area contributed by atoms with Crippen LogP contribution in [0, 0.1) is 22.9 Å². The summed E-state index contributed by atoms with van der Waals surface area (Å²) < 4.78 is 9.91. The van der Waals surface area contributed by atoms with Gasteiger partial charge in [-0.2, -0.15) is 8.75 Å². The van der Waals surface area contributed by atoms with Gasteiger partial charge in [0.15, 0.2) is 0 Å². The smallest absolute Gasteiger partial charge is 0.146 e. The van der Waals surface area contributed by atoms with Gasteiger partial charge in [-0.1, -0.05) is 143 Å². The fourth-order valence-electron chi connectivity index (χ4n) is 9.96. The van der Waals surface area contributed by atoms with Gasteiger partial charge in [-0.15, -0.1) is 11.1 Å². The van der Waals surface area contributed by atoms with Crippen LogP contribution >= 0.6 is 11.7 Å². The zero-order valence-corrected chi connectivity index (χ0v) is 35.1. The summed E-state index contributed by atoms with van der Waals surface area (Å²) in [4.78, 5) is 11.3. The van der Waals surface area contributed by atoms with Gasteiger partial charge >= 0.3 is 0 Å². The van der Waals surface area contributed by atoms with E-state index in [4.69, 9.17) is 18.7 Å². The molecular formula is C44H50N4SSi2. The lowest BCUT2D eigenvalue weighted by molar-refractivity contribution is 0.838. The molecule has 2 heterocycles. The number of hydrogen-bond donors (Lipinski definition) is 0. The average Bonchev–Trinajstić information content (AvgIpc) is 3.57. The molecule has 8 rings (SSSR count). The third-order valence-electron chi connectivity index (χ3n) is 12.3. The van der Waals surface area contributed by atoms with Gasteiger partial charge in [0.25, 0.3) is 0 Å². The number of hydrogen-bond acceptors (Lipinski definition) is 5. The minimum absolute atomic E-state index is 0.501. The molecule has 8 aromatic rings. The van der Waals surface area contributed by atoms with Gasteiger partial charge in [-0.25, -0.2) is 9.97 Å². The minimum Gasteiger partial charge on any atom is -0.242 e. The highest BCUT2D eigenvalue weighted by Gasteiger charge is 2.43. The van der Waals surface area contributed by atoms with Gasteiger partial charge < -0.3 is 0 Å². The molecule has 51 heavy (non-hydrogen) atoms. The molecule has 0 radical (unpaired) electrons. The largest absolute Gasteiger partial charge is 0.242 e. The maximum atomic E-state index is 5.64. The second kappa shape index (κ2) is 13.0. The van der Waals surface area contributed by atoms with Crippen LogP contribution in [0.3, 0.4) is 0 Å². The quantitative estimate of drug-likeness (QED) is 0.0974. The van der Waals surface area contributed by atoms with Crippen LogP contribution in [0.5, 0.6) is 0 Å². The van der Waals surface area contributed by atoms with Gasteiger partial charge in [0.05, 0.1) is 33.9 Å². The molecule has 4 nitrogen and oxygen atoms in total. The first kappa shape index (κ1) is 35.5. The van der Waals surface area contributed by atoms with E-state index in [-0.39, 0.29) is 0 Å². The summed E-state index contributed by atoms with van der Waals surface area (Å²) in [6, 6.07) is 17.4. The van der Waals surface area contributed by atoms with E-state index in [0.717, 1.165) is 55.0 Å². The van der Waals surface area contributed by atoms with Gasteiger partial charge in [0.1, 0.15) is 38.2 Å². The zero-order chi connectivity index (χ0) is 36.6. The van der Waals surface area contributed by atoms with Gasteiger partial charge in [-0.05, 0) is 54.8 Å². The predicted molar refractivity (Wildman–Crippen MR) is 228 cm³/mol. The van der Waals surface area contributed by atoms with Crippen LogP contribution in [0.4, 0.5) is 0 Å². The van der Waals surface area contributed by atoms with Crippen LogP contribution in [-0.2, 0) is 0 Å². The first-order chi connectivity index (χ1) is 24.3. The Morgan fingerprint density at radius 1 is 0.431 bits per heavy atom. The summed E-state index contributed by atoms with van der Waals surface area (Å²) in [6.07, 6.45) is 0. The monoisotopic (exact) mass is 722 g/mol. The molecule has 2 bridgehead atoms. The first-order valence-corrected chi connectivity index (χ1v) is 24.0. The molecule has 0 saturated carbocycles. The van der Waals surface area contributed by atoms with E-state index < -0.39 is 16.1 Å². The van der Waals surface area contributed by atoms with E-state index in [0.29, 0.717) is 33.2 Å². The highest BCUT2D eigenvalue weighted by Crippen LogP contribution is 2.46. The van der Waals surface area contributed by atoms with Crippen LogP contribution in [0.2, 0.25) is 33.2 Å². The van der Waals surface area contributed by atoms with E-state index >= 15 is 0 Å². The molecular weight excluding hydrogens is 673 g/mol. The zero-order valence-electron chi connectivity index (χ0n) is 32.3. The van der Waals surface area contributed by atoms with Crippen molar-refractivity contribution in [3.8, 4) is 22.9 Å². The maximum absolute atomic E-state index is 5.64. The number of benzene rings is 6. The Labute approximate surface area is 309 Å². The Balaban J connectivity index is 1.70. The molecule has 0 amide bonds. The molecule has 7 heteroatoms. The number of aromatic nitrogens is 4. The standard InChI is InChI=1S/C44H50N4SSi2/c1-25(2)50(26(3)4,27(5)6)23-21-35-39-40(36(42-41(35)47-49-48-42)22-24-51(28(7)8,29(9)10)30(11)12)46-44-38-33-19-15-13-17-31(33)37(43(44)45-39)32-18-14-16-20-34(32)38/h13-20,25-30H,1-12H3. The molecule has 0 spiro atoms. The molecule has 0 aliphatic carbocycles. The fourth-order valence-corrected chi connectivity index (χ4v) is 20.9. The molecule has 0 aliphatic rings. The van der Waals surface area contributed by atoms with Crippen molar-refractivity contribution >= 4 is 93.3 Å². The Bertz CT molecular complexity index is 2310. The van der Waals surface area contributed by atoms with Crippen molar-refractivity contribution in [3.05, 3.63) is 59.7 Å². The van der Waals surface area contributed by atoms with Crippen LogP contribution in [0.15, 0.2) is 48.5 Å². The summed E-state index contributed by atoms with van der Waals surface area (Å²) in [5.74, 6) is 7.61. The van der Waals surface area contributed by atoms with Crippen molar-refractivity contribution in [1.82, 2.24) is 18.7 Å². The van der Waals surface area contributed by atoms with Crippen LogP contribution in [0.1, 0.15) is 94.2 Å². The van der Waals surface area contributed by atoms with Crippen molar-refractivity contribution in [3.63, 3.8) is 0 Å². The topological polar surface area (TPSA) is 51.6 Å². The van der Waals surface area contributed by atoms with Crippen molar-refractivity contribution < 1.29 is 0 Å². The molecule has 260 valence electrons. The third kappa shape index (κ3) is 5.14. The molecule has 0 aliphatic heterocycles. The molecule has 0 N–H and O–H groups in total. The Morgan fingerprint density at radius 2 is 0.725 bits per heavy atom. The maximum Gasteiger partial charge on any atom is 0.146 e. The second-order valence-electron chi connectivity index (χ2n) is 16.5. The van der Waals surface area contributed by atoms with E-state index in [2.05, 4.69) is 155 Å². The summed E-state index contributed by atoms with van der Waals surface area (Å²) in [7, 11) is -4.16. The Hall–Kier alpha value is -3.89. The summed E-state index contributed by atoms with van der Waals surface area (Å²) in [6.45, 7) is 28.4. The molecule has 6 aromatic carbocycles. The van der Waals surface area contributed by atoms with Gasteiger partial charge in [0, 0.05) is 10.8 Å². The van der Waals surface area contributed by atoms with Crippen molar-refractivity contribution in [1.29, 1.82) is 0 Å². The lowest BCUT2D eigenvalue weighted by atomic mass is 9.89. The highest BCUT2D eigenvalue weighted by molar-refractivity contribution is 7.00.